The molecular weight excluding hydrogens is 1430 g/mol. The maximum Gasteiger partial charge on any atom is 0.125 e. The summed E-state index contributed by atoms with van der Waals surface area (Å²) in [5, 5.41) is 71.1. The fourth-order valence-corrected chi connectivity index (χ4v) is 6.85. The summed E-state index contributed by atoms with van der Waals surface area (Å²) in [6.07, 6.45) is 3.58. The maximum absolute atomic E-state index is 9.13. The number of phenols is 8. The molecule has 8 N–H and O–H groups in total. The zero-order chi connectivity index (χ0) is 63.3. The predicted octanol–water partition coefficient (Wildman–Crippen LogP) is 14.2. The fourth-order valence-electron chi connectivity index (χ4n) is 6.85. The standard InChI is InChI=1S/2C10H14O2.2C9H11O2.2C8H10O2.2C7H7O2.4Y/c1-4-8-5-9(11-2)7-10(6-8)12-3;1-4-8-5-6-9(11-2)7-10(8)12-3;1-7-4-8(10-2)6-9(5-7)11-3;1-7-4-5-8(10-2)6-9(7)11-3;1-2-6-3-7(9)5-8(10)4-6;1-2-6-3-4-7(9)5-8(6)10;1-5-2-6(8)4-7(9)3-5;1-5-2-3-6(8)4-7(5)9;;;;/h2*5-7H,4H2,1-3H3;2*4-6H,1H2,2-3H3;2*3-5,9-10H,2H2,1H3;2*2-4,8-9H,1H2;;;;/q;;2*-1;;;2*-1;;;;. The van der Waals surface area contributed by atoms with E-state index in [9.17, 15) is 0 Å². The molecule has 4 radical (unpaired) electrons. The number of phenolic OH excluding ortho intramolecular Hbond substituents is 8. The van der Waals surface area contributed by atoms with Crippen molar-refractivity contribution in [2.45, 2.75) is 53.4 Å². The van der Waals surface area contributed by atoms with E-state index in [0.717, 1.165) is 93.9 Å². The SMILES string of the molecule is CCc1cc(O)cc(O)c1.CCc1cc(OC)cc(OC)c1.CCc1ccc(O)cc1O.CCc1ccc(OC)cc1OC.[CH2-]c1cc(O)cc(O)c1.[CH2-]c1cc(OC)cc(OC)c1.[CH2-]c1ccc(O)cc1O.[CH2-]c1ccc(OC)cc1OC.[Y].[Y].[Y].[Y]. The first-order valence-corrected chi connectivity index (χ1v) is 26.2. The number of ether oxygens (including phenoxy) is 8. The van der Waals surface area contributed by atoms with Crippen LogP contribution in [-0.2, 0) is 157 Å². The molecule has 0 aliphatic rings. The van der Waals surface area contributed by atoms with Crippen molar-refractivity contribution in [1.82, 2.24) is 0 Å². The van der Waals surface area contributed by atoms with E-state index in [0.29, 0.717) is 11.1 Å². The van der Waals surface area contributed by atoms with Crippen molar-refractivity contribution in [3.8, 4) is 92.0 Å². The largest absolute Gasteiger partial charge is 0.565 e. The van der Waals surface area contributed by atoms with Gasteiger partial charge in [0.15, 0.2) is 0 Å². The zero-order valence-corrected chi connectivity index (χ0v) is 64.0. The average Bonchev–Trinajstić information content (AvgIpc) is 3.51. The zero-order valence-electron chi connectivity index (χ0n) is 52.7. The van der Waals surface area contributed by atoms with E-state index in [4.69, 9.17) is 78.7 Å². The number of hydrogen-bond donors (Lipinski definition) is 8. The van der Waals surface area contributed by atoms with Crippen LogP contribution in [0.15, 0.2) is 146 Å². The molecule has 0 saturated carbocycles. The summed E-state index contributed by atoms with van der Waals surface area (Å²) in [6.45, 7) is 22.7. The molecule has 0 heterocycles. The van der Waals surface area contributed by atoms with Gasteiger partial charge in [0.25, 0.3) is 0 Å². The van der Waals surface area contributed by atoms with E-state index in [1.807, 2.05) is 86.6 Å². The number of hydrogen-bond acceptors (Lipinski definition) is 16. The molecule has 0 fully saturated rings. The Morgan fingerprint density at radius 2 is 0.614 bits per heavy atom. The third-order valence-electron chi connectivity index (χ3n) is 11.5. The monoisotopic (exact) mass is 1510 g/mol. The summed E-state index contributed by atoms with van der Waals surface area (Å²) in [7, 11) is 13.1. The number of benzene rings is 8. The first kappa shape index (κ1) is 88.9. The normalized spacial score (nSPS) is 9.05. The summed E-state index contributed by atoms with van der Waals surface area (Å²) in [5.41, 5.74) is 7.12. The van der Waals surface area contributed by atoms with Gasteiger partial charge >= 0.3 is 0 Å². The summed E-state index contributed by atoms with van der Waals surface area (Å²) >= 11 is 0. The van der Waals surface area contributed by atoms with Gasteiger partial charge in [-0.05, 0) is 109 Å². The van der Waals surface area contributed by atoms with Gasteiger partial charge in [-0.25, -0.2) is 0 Å². The van der Waals surface area contributed by atoms with Crippen LogP contribution in [0.25, 0.3) is 0 Å². The van der Waals surface area contributed by atoms with Crippen molar-refractivity contribution in [2.24, 2.45) is 0 Å². The van der Waals surface area contributed by atoms with Gasteiger partial charge in [-0.3, -0.25) is 0 Å². The average molecular weight is 1510 g/mol. The van der Waals surface area contributed by atoms with Crippen LogP contribution < -0.4 is 37.9 Å². The smallest absolute Gasteiger partial charge is 0.125 e. The minimum absolute atomic E-state index is 0. The van der Waals surface area contributed by atoms with Crippen LogP contribution in [0.1, 0.15) is 72.2 Å². The first-order valence-electron chi connectivity index (χ1n) is 26.2. The molecule has 20 heteroatoms. The third-order valence-corrected chi connectivity index (χ3v) is 11.5. The Morgan fingerprint density at radius 3 is 0.977 bits per heavy atom. The van der Waals surface area contributed by atoms with E-state index in [2.05, 4.69) is 41.5 Å². The Hall–Kier alpha value is -5.54. The molecule has 0 aliphatic carbocycles. The van der Waals surface area contributed by atoms with Crippen molar-refractivity contribution >= 4 is 0 Å². The molecule has 0 saturated heterocycles. The molecule has 8 rings (SSSR count). The van der Waals surface area contributed by atoms with Crippen LogP contribution >= 0.6 is 0 Å². The Kier molecular flexibility index (Phi) is 50.7. The van der Waals surface area contributed by atoms with Gasteiger partial charge in [-0.15, -0.1) is 24.3 Å². The van der Waals surface area contributed by atoms with Gasteiger partial charge in [0.2, 0.25) is 0 Å². The Bertz CT molecular complexity index is 3030. The minimum Gasteiger partial charge on any atom is -0.565 e. The molecule has 0 bridgehead atoms. The summed E-state index contributed by atoms with van der Waals surface area (Å²) < 4.78 is 40.6. The van der Waals surface area contributed by atoms with Crippen molar-refractivity contribution in [1.29, 1.82) is 0 Å². The van der Waals surface area contributed by atoms with E-state index in [1.165, 1.54) is 53.6 Å². The number of aryl methyl sites for hydroxylation is 4. The maximum atomic E-state index is 9.13. The van der Waals surface area contributed by atoms with Gasteiger partial charge < -0.3 is 78.7 Å². The molecular formula is C68H84O16Y4-4. The first-order chi connectivity index (χ1) is 40.0. The van der Waals surface area contributed by atoms with Crippen LogP contribution in [-0.4, -0.2) is 97.7 Å². The van der Waals surface area contributed by atoms with Gasteiger partial charge in [0.1, 0.15) is 46.0 Å². The van der Waals surface area contributed by atoms with Gasteiger partial charge in [-0.1, -0.05) is 52.0 Å². The second-order valence-electron chi connectivity index (χ2n) is 17.6. The number of methoxy groups -OCH3 is 8. The van der Waals surface area contributed by atoms with E-state index in [1.54, 1.807) is 87.2 Å². The topological polar surface area (TPSA) is 236 Å². The Balaban J connectivity index is -0.000000456. The molecule has 0 aliphatic heterocycles. The summed E-state index contributed by atoms with van der Waals surface area (Å²) in [5.74, 6) is 7.21. The molecule has 0 spiro atoms. The Labute approximate surface area is 622 Å². The Morgan fingerprint density at radius 1 is 0.273 bits per heavy atom. The second kappa shape index (κ2) is 50.2. The fraction of sp³-hybridized carbons (Fsp3) is 0.235. The molecule has 0 atom stereocenters. The minimum atomic E-state index is 0. The van der Waals surface area contributed by atoms with Crippen molar-refractivity contribution in [3.63, 3.8) is 0 Å². The van der Waals surface area contributed by atoms with E-state index >= 15 is 0 Å². The van der Waals surface area contributed by atoms with Gasteiger partial charge in [0, 0.05) is 167 Å². The quantitative estimate of drug-likeness (QED) is 0.0531. The molecule has 16 nitrogen and oxygen atoms in total. The van der Waals surface area contributed by atoms with Crippen molar-refractivity contribution < 1.29 is 210 Å². The van der Waals surface area contributed by atoms with Gasteiger partial charge in [0.05, 0.1) is 91.4 Å². The van der Waals surface area contributed by atoms with Crippen LogP contribution in [0.2, 0.25) is 0 Å². The van der Waals surface area contributed by atoms with Crippen LogP contribution in [0, 0.1) is 27.7 Å². The van der Waals surface area contributed by atoms with E-state index in [-0.39, 0.29) is 177 Å². The van der Waals surface area contributed by atoms with Crippen LogP contribution in [0.5, 0.6) is 92.0 Å². The van der Waals surface area contributed by atoms with Gasteiger partial charge in [-0.2, -0.15) is 62.1 Å². The van der Waals surface area contributed by atoms with Crippen LogP contribution in [0.4, 0.5) is 0 Å². The van der Waals surface area contributed by atoms with Crippen LogP contribution in [0.3, 0.4) is 0 Å². The molecule has 8 aromatic carbocycles. The molecule has 468 valence electrons. The molecule has 0 amide bonds. The number of rotatable bonds is 12. The van der Waals surface area contributed by atoms with E-state index < -0.39 is 0 Å². The number of aromatic hydroxyl groups is 8. The summed E-state index contributed by atoms with van der Waals surface area (Å²) in [6, 6.07) is 40.5. The molecule has 0 unspecified atom stereocenters. The molecule has 0 aromatic heterocycles. The van der Waals surface area contributed by atoms with Crippen molar-refractivity contribution in [3.05, 3.63) is 218 Å². The second-order valence-corrected chi connectivity index (χ2v) is 17.6. The summed E-state index contributed by atoms with van der Waals surface area (Å²) in [4.78, 5) is 0. The third kappa shape index (κ3) is 36.2. The predicted molar refractivity (Wildman–Crippen MR) is 333 cm³/mol. The van der Waals surface area contributed by atoms with Crippen molar-refractivity contribution in [2.75, 3.05) is 56.9 Å². The molecule has 8 aromatic rings. The molecule has 88 heavy (non-hydrogen) atoms.